The summed E-state index contributed by atoms with van der Waals surface area (Å²) in [6.07, 6.45) is 2.82. The van der Waals surface area contributed by atoms with Gasteiger partial charge in [0.1, 0.15) is 6.54 Å². The topological polar surface area (TPSA) is 57.2 Å². The lowest BCUT2D eigenvalue weighted by atomic mass is 9.86. The van der Waals surface area contributed by atoms with Gasteiger partial charge in [-0.2, -0.15) is 0 Å². The van der Waals surface area contributed by atoms with Crippen LogP contribution in [0.4, 0.5) is 0 Å². The first-order chi connectivity index (χ1) is 9.86. The Hall–Kier alpha value is -1.81. The molecule has 0 spiro atoms. The van der Waals surface area contributed by atoms with Crippen molar-refractivity contribution in [2.45, 2.75) is 39.2 Å². The second-order valence-electron chi connectivity index (χ2n) is 6.38. The maximum atomic E-state index is 11.6. The highest BCUT2D eigenvalue weighted by Crippen LogP contribution is 2.29. The zero-order valence-electron chi connectivity index (χ0n) is 13.3. The molecule has 0 saturated heterocycles. The minimum absolute atomic E-state index is 0.0959. The number of carbonyl (C=O) groups is 1. The van der Waals surface area contributed by atoms with E-state index >= 15 is 0 Å². The van der Waals surface area contributed by atoms with Crippen LogP contribution in [-0.4, -0.2) is 24.2 Å². The quantitative estimate of drug-likeness (QED) is 0.880. The molecule has 0 aliphatic carbocycles. The number of nitrogens with zero attached hydrogens (tertiary/aromatic N) is 1. The lowest BCUT2D eigenvalue weighted by Crippen LogP contribution is -2.12. The fourth-order valence-electron chi connectivity index (χ4n) is 2.53. The summed E-state index contributed by atoms with van der Waals surface area (Å²) in [7, 11) is 1.41. The molecule has 4 nitrogen and oxygen atoms in total. The lowest BCUT2D eigenvalue weighted by molar-refractivity contribution is -0.141. The van der Waals surface area contributed by atoms with E-state index in [9.17, 15) is 4.79 Å². The minimum atomic E-state index is -0.244. The third-order valence-electron chi connectivity index (χ3n) is 3.77. The third kappa shape index (κ3) is 3.27. The molecule has 2 aromatic rings. The Bertz CT molecular complexity index is 651. The number of nitrogens with two attached hydrogens (primary N) is 1. The van der Waals surface area contributed by atoms with Gasteiger partial charge >= 0.3 is 5.97 Å². The fraction of sp³-hybridized carbons (Fsp3) is 0.471. The number of methoxy groups -OCH3 is 1. The molecule has 2 rings (SSSR count). The molecule has 0 aliphatic heterocycles. The highest BCUT2D eigenvalue weighted by atomic mass is 16.5. The number of ether oxygens (including phenoxy) is 1. The monoisotopic (exact) mass is 288 g/mol. The number of aromatic nitrogens is 1. The molecule has 21 heavy (non-hydrogen) atoms. The zero-order valence-corrected chi connectivity index (χ0v) is 13.3. The summed E-state index contributed by atoms with van der Waals surface area (Å²) < 4.78 is 6.71. The molecule has 0 unspecified atom stereocenters. The largest absolute Gasteiger partial charge is 0.468 e. The summed E-state index contributed by atoms with van der Waals surface area (Å²) in [6.45, 7) is 7.41. The average Bonchev–Trinajstić information content (AvgIpc) is 2.76. The predicted molar refractivity (Wildman–Crippen MR) is 85.4 cm³/mol. The van der Waals surface area contributed by atoms with Crippen molar-refractivity contribution in [1.82, 2.24) is 4.57 Å². The average molecular weight is 288 g/mol. The smallest absolute Gasteiger partial charge is 0.325 e. The van der Waals surface area contributed by atoms with Gasteiger partial charge in [0.25, 0.3) is 0 Å². The van der Waals surface area contributed by atoms with Crippen LogP contribution in [0.1, 0.15) is 31.9 Å². The molecule has 1 heterocycles. The molecule has 0 aliphatic rings. The molecule has 0 fully saturated rings. The van der Waals surface area contributed by atoms with Crippen LogP contribution in [0.2, 0.25) is 0 Å². The van der Waals surface area contributed by atoms with Crippen LogP contribution in [-0.2, 0) is 27.9 Å². The van der Waals surface area contributed by atoms with E-state index in [0.29, 0.717) is 6.54 Å². The third-order valence-corrected chi connectivity index (χ3v) is 3.77. The van der Waals surface area contributed by atoms with Crippen LogP contribution in [0.25, 0.3) is 10.9 Å². The predicted octanol–water partition coefficient (Wildman–Crippen LogP) is 2.61. The van der Waals surface area contributed by atoms with Crippen LogP contribution in [0.3, 0.4) is 0 Å². The van der Waals surface area contributed by atoms with Gasteiger partial charge in [0, 0.05) is 17.1 Å². The highest BCUT2D eigenvalue weighted by Gasteiger charge is 2.17. The van der Waals surface area contributed by atoms with Crippen molar-refractivity contribution in [3.8, 4) is 0 Å². The summed E-state index contributed by atoms with van der Waals surface area (Å²) in [6, 6.07) is 6.43. The Kier molecular flexibility index (Phi) is 4.37. The van der Waals surface area contributed by atoms with Crippen molar-refractivity contribution in [3.63, 3.8) is 0 Å². The van der Waals surface area contributed by atoms with Crippen molar-refractivity contribution in [3.05, 3.63) is 35.5 Å². The Balaban J connectivity index is 2.55. The van der Waals surface area contributed by atoms with Crippen molar-refractivity contribution >= 4 is 16.9 Å². The van der Waals surface area contributed by atoms with E-state index in [0.717, 1.165) is 11.9 Å². The molecule has 4 heteroatoms. The maximum absolute atomic E-state index is 11.6. The summed E-state index contributed by atoms with van der Waals surface area (Å²) in [5, 5.41) is 1.18. The van der Waals surface area contributed by atoms with Gasteiger partial charge in [0.2, 0.25) is 0 Å². The number of hydrogen-bond donors (Lipinski definition) is 1. The second kappa shape index (κ2) is 5.90. The molecule has 1 aromatic heterocycles. The van der Waals surface area contributed by atoms with Crippen molar-refractivity contribution in [2.75, 3.05) is 13.7 Å². The number of hydrogen-bond acceptors (Lipinski definition) is 3. The van der Waals surface area contributed by atoms with Gasteiger partial charge in [0.15, 0.2) is 0 Å². The van der Waals surface area contributed by atoms with Gasteiger partial charge < -0.3 is 15.0 Å². The first-order valence-corrected chi connectivity index (χ1v) is 7.26. The zero-order chi connectivity index (χ0) is 15.6. The minimum Gasteiger partial charge on any atom is -0.468 e. The summed E-state index contributed by atoms with van der Waals surface area (Å²) >= 11 is 0. The molecule has 0 radical (unpaired) electrons. The van der Waals surface area contributed by atoms with E-state index in [4.69, 9.17) is 10.5 Å². The summed E-state index contributed by atoms with van der Waals surface area (Å²) in [4.78, 5) is 11.6. The number of fused-ring (bicyclic) bond motifs is 1. The molecule has 0 bridgehead atoms. The molecule has 2 N–H and O–H groups in total. The first kappa shape index (κ1) is 15.6. The van der Waals surface area contributed by atoms with Crippen molar-refractivity contribution in [1.29, 1.82) is 0 Å². The first-order valence-electron chi connectivity index (χ1n) is 7.26. The molecular weight excluding hydrogens is 264 g/mol. The van der Waals surface area contributed by atoms with Gasteiger partial charge in [-0.05, 0) is 41.6 Å². The standard InChI is InChI=1S/C17H24N2O2/c1-17(2,3)13-5-6-15-14(9-13)12(7-8-18)10-19(15)11-16(20)21-4/h5-6,9-10H,7-8,11,18H2,1-4H3. The Morgan fingerprint density at radius 2 is 2.05 bits per heavy atom. The van der Waals surface area contributed by atoms with Gasteiger partial charge in [-0.25, -0.2) is 0 Å². The Morgan fingerprint density at radius 3 is 2.62 bits per heavy atom. The highest BCUT2D eigenvalue weighted by molar-refractivity contribution is 5.86. The van der Waals surface area contributed by atoms with E-state index in [-0.39, 0.29) is 17.9 Å². The van der Waals surface area contributed by atoms with E-state index in [1.54, 1.807) is 0 Å². The van der Waals surface area contributed by atoms with Crippen LogP contribution in [0, 0.1) is 0 Å². The lowest BCUT2D eigenvalue weighted by Gasteiger charge is -2.19. The Labute approximate surface area is 125 Å². The fourth-order valence-corrected chi connectivity index (χ4v) is 2.53. The van der Waals surface area contributed by atoms with Gasteiger partial charge in [-0.1, -0.05) is 26.8 Å². The Morgan fingerprint density at radius 1 is 1.33 bits per heavy atom. The van der Waals surface area contributed by atoms with E-state index in [2.05, 4.69) is 39.0 Å². The number of rotatable bonds is 4. The van der Waals surface area contributed by atoms with Gasteiger partial charge in [-0.3, -0.25) is 4.79 Å². The van der Waals surface area contributed by atoms with E-state index < -0.39 is 0 Å². The van der Waals surface area contributed by atoms with Crippen molar-refractivity contribution < 1.29 is 9.53 Å². The van der Waals surface area contributed by atoms with Gasteiger partial charge in [0.05, 0.1) is 7.11 Å². The van der Waals surface area contributed by atoms with Crippen molar-refractivity contribution in [2.24, 2.45) is 5.73 Å². The van der Waals surface area contributed by atoms with Crippen LogP contribution >= 0.6 is 0 Å². The summed E-state index contributed by atoms with van der Waals surface area (Å²) in [5.41, 5.74) is 9.32. The molecular formula is C17H24N2O2. The molecule has 114 valence electrons. The van der Waals surface area contributed by atoms with Gasteiger partial charge in [-0.15, -0.1) is 0 Å². The molecule has 1 aromatic carbocycles. The molecule has 0 amide bonds. The molecule has 0 atom stereocenters. The number of carbonyl (C=O) groups excluding carboxylic acids is 1. The van der Waals surface area contributed by atoms with Crippen LogP contribution < -0.4 is 5.73 Å². The normalized spacial score (nSPS) is 11.9. The maximum Gasteiger partial charge on any atom is 0.325 e. The summed E-state index contributed by atoms with van der Waals surface area (Å²) in [5.74, 6) is -0.244. The van der Waals surface area contributed by atoms with Crippen LogP contribution in [0.15, 0.2) is 24.4 Å². The number of esters is 1. The van der Waals surface area contributed by atoms with E-state index in [1.807, 2.05) is 10.8 Å². The number of benzene rings is 1. The second-order valence-corrected chi connectivity index (χ2v) is 6.38. The van der Waals surface area contributed by atoms with Crippen LogP contribution in [0.5, 0.6) is 0 Å². The SMILES string of the molecule is COC(=O)Cn1cc(CCN)c2cc(C(C)(C)C)ccc21. The molecule has 0 saturated carbocycles. The van der Waals surface area contributed by atoms with E-state index in [1.165, 1.54) is 23.6 Å².